The van der Waals surface area contributed by atoms with Crippen molar-refractivity contribution >= 4 is 43.2 Å². The zero-order valence-electron chi connectivity index (χ0n) is 8.40. The number of nitrogens with zero attached hydrogens (tertiary/aromatic N) is 1. The molecule has 3 heteroatoms. The van der Waals surface area contributed by atoms with Crippen LogP contribution in [0.4, 0.5) is 0 Å². The van der Waals surface area contributed by atoms with E-state index in [0.717, 1.165) is 5.52 Å². The largest absolute Gasteiger partial charge is 0.354 e. The topological polar surface area (TPSA) is 28.7 Å². The van der Waals surface area contributed by atoms with Crippen LogP contribution in [0, 0.1) is 0 Å². The lowest BCUT2D eigenvalue weighted by molar-refractivity contribution is 1.36. The Kier molecular flexibility index (Phi) is 1.47. The SMILES string of the molecule is c1cc2[nH]c3ccc4sccc4c3c2cn1. The molecule has 0 aliphatic carbocycles. The van der Waals surface area contributed by atoms with Gasteiger partial charge in [0.1, 0.15) is 0 Å². The third kappa shape index (κ3) is 0.933. The predicted octanol–water partition coefficient (Wildman–Crippen LogP) is 3.93. The van der Waals surface area contributed by atoms with Crippen molar-refractivity contribution in [2.24, 2.45) is 0 Å². The number of aromatic nitrogens is 2. The van der Waals surface area contributed by atoms with Crippen LogP contribution in [0.15, 0.2) is 42.0 Å². The Bertz CT molecular complexity index is 810. The molecule has 0 fully saturated rings. The first-order chi connectivity index (χ1) is 7.93. The predicted molar refractivity (Wildman–Crippen MR) is 69.0 cm³/mol. The second-order valence-corrected chi connectivity index (χ2v) is 4.81. The van der Waals surface area contributed by atoms with Gasteiger partial charge in [-0.1, -0.05) is 0 Å². The summed E-state index contributed by atoms with van der Waals surface area (Å²) >= 11 is 1.78. The monoisotopic (exact) mass is 224 g/mol. The molecule has 0 radical (unpaired) electrons. The zero-order valence-corrected chi connectivity index (χ0v) is 9.21. The molecule has 1 aromatic carbocycles. The van der Waals surface area contributed by atoms with E-state index >= 15 is 0 Å². The first-order valence-corrected chi connectivity index (χ1v) is 6.03. The van der Waals surface area contributed by atoms with E-state index in [1.54, 1.807) is 11.3 Å². The second-order valence-electron chi connectivity index (χ2n) is 3.87. The van der Waals surface area contributed by atoms with Crippen molar-refractivity contribution in [1.82, 2.24) is 9.97 Å². The number of hydrogen-bond donors (Lipinski definition) is 1. The normalized spacial score (nSPS) is 11.8. The van der Waals surface area contributed by atoms with Crippen molar-refractivity contribution in [2.75, 3.05) is 0 Å². The molecule has 1 N–H and O–H groups in total. The maximum atomic E-state index is 4.21. The van der Waals surface area contributed by atoms with Gasteiger partial charge in [-0.25, -0.2) is 0 Å². The van der Waals surface area contributed by atoms with Crippen molar-refractivity contribution in [3.8, 4) is 0 Å². The average Bonchev–Trinajstić information content (AvgIpc) is 2.91. The molecular weight excluding hydrogens is 216 g/mol. The molecule has 0 saturated heterocycles. The summed E-state index contributed by atoms with van der Waals surface area (Å²) < 4.78 is 1.33. The van der Waals surface area contributed by atoms with E-state index < -0.39 is 0 Å². The molecule has 0 saturated carbocycles. The third-order valence-corrected chi connectivity index (χ3v) is 3.88. The quantitative estimate of drug-likeness (QED) is 0.481. The third-order valence-electron chi connectivity index (χ3n) is 2.99. The summed E-state index contributed by atoms with van der Waals surface area (Å²) in [6.45, 7) is 0. The Hall–Kier alpha value is -1.87. The first-order valence-electron chi connectivity index (χ1n) is 5.15. The van der Waals surface area contributed by atoms with Crippen LogP contribution in [0.1, 0.15) is 0 Å². The van der Waals surface area contributed by atoms with Gasteiger partial charge >= 0.3 is 0 Å². The fourth-order valence-electron chi connectivity index (χ4n) is 2.29. The Labute approximate surface area is 95.5 Å². The number of aromatic amines is 1. The summed E-state index contributed by atoms with van der Waals surface area (Å²) in [7, 11) is 0. The van der Waals surface area contributed by atoms with Crippen LogP contribution in [0.25, 0.3) is 31.9 Å². The molecular formula is C13H8N2S. The van der Waals surface area contributed by atoms with Gasteiger partial charge in [-0.3, -0.25) is 4.98 Å². The molecule has 3 heterocycles. The number of thiophene rings is 1. The van der Waals surface area contributed by atoms with Crippen molar-refractivity contribution < 1.29 is 0 Å². The molecule has 0 aliphatic rings. The molecule has 2 nitrogen and oxygen atoms in total. The summed E-state index contributed by atoms with van der Waals surface area (Å²) in [5.41, 5.74) is 2.35. The fraction of sp³-hybridized carbons (Fsp3) is 0. The van der Waals surface area contributed by atoms with E-state index in [4.69, 9.17) is 0 Å². The van der Waals surface area contributed by atoms with E-state index in [1.807, 2.05) is 18.5 Å². The van der Waals surface area contributed by atoms with E-state index in [0.29, 0.717) is 0 Å². The van der Waals surface area contributed by atoms with E-state index in [-0.39, 0.29) is 0 Å². The lowest BCUT2D eigenvalue weighted by Crippen LogP contribution is -1.70. The van der Waals surface area contributed by atoms with Crippen LogP contribution in [-0.2, 0) is 0 Å². The average molecular weight is 224 g/mol. The lowest BCUT2D eigenvalue weighted by atomic mass is 10.1. The Morgan fingerprint density at radius 3 is 3.00 bits per heavy atom. The van der Waals surface area contributed by atoms with E-state index in [1.165, 1.54) is 26.4 Å². The van der Waals surface area contributed by atoms with Crippen LogP contribution in [0.2, 0.25) is 0 Å². The summed E-state index contributed by atoms with van der Waals surface area (Å²) in [5.74, 6) is 0. The molecule has 76 valence electrons. The molecule has 0 atom stereocenters. The maximum absolute atomic E-state index is 4.21. The molecule has 4 aromatic rings. The molecule has 0 bridgehead atoms. The number of H-pyrrole nitrogens is 1. The van der Waals surface area contributed by atoms with Crippen LogP contribution in [-0.4, -0.2) is 9.97 Å². The van der Waals surface area contributed by atoms with Crippen LogP contribution >= 0.6 is 11.3 Å². The molecule has 4 rings (SSSR count). The van der Waals surface area contributed by atoms with Gasteiger partial charge in [0.15, 0.2) is 0 Å². The first kappa shape index (κ1) is 8.30. The number of nitrogens with one attached hydrogen (secondary N) is 1. The van der Waals surface area contributed by atoms with Crippen molar-refractivity contribution in [1.29, 1.82) is 0 Å². The van der Waals surface area contributed by atoms with Gasteiger partial charge in [-0.05, 0) is 29.6 Å². The molecule has 0 unspecified atom stereocenters. The van der Waals surface area contributed by atoms with Gasteiger partial charge in [0.25, 0.3) is 0 Å². The minimum Gasteiger partial charge on any atom is -0.354 e. The second kappa shape index (κ2) is 2.83. The van der Waals surface area contributed by atoms with Gasteiger partial charge < -0.3 is 4.98 Å². The number of pyridine rings is 1. The molecule has 0 aliphatic heterocycles. The highest BCUT2D eigenvalue weighted by molar-refractivity contribution is 7.17. The maximum Gasteiger partial charge on any atom is 0.0496 e. The van der Waals surface area contributed by atoms with Crippen LogP contribution in [0.5, 0.6) is 0 Å². The number of rotatable bonds is 0. The van der Waals surface area contributed by atoms with Crippen LogP contribution < -0.4 is 0 Å². The summed E-state index contributed by atoms with van der Waals surface area (Å²) in [6.07, 6.45) is 3.76. The van der Waals surface area contributed by atoms with Crippen molar-refractivity contribution in [3.63, 3.8) is 0 Å². The smallest absolute Gasteiger partial charge is 0.0496 e. The lowest BCUT2D eigenvalue weighted by Gasteiger charge is -1.93. The molecule has 16 heavy (non-hydrogen) atoms. The number of hydrogen-bond acceptors (Lipinski definition) is 2. The molecule has 3 aromatic heterocycles. The van der Waals surface area contributed by atoms with Gasteiger partial charge in [0.2, 0.25) is 0 Å². The molecule has 0 spiro atoms. The van der Waals surface area contributed by atoms with Crippen molar-refractivity contribution in [3.05, 3.63) is 42.0 Å². The van der Waals surface area contributed by atoms with E-state index in [2.05, 4.69) is 33.5 Å². The van der Waals surface area contributed by atoms with Gasteiger partial charge in [0.05, 0.1) is 0 Å². The highest BCUT2D eigenvalue weighted by Gasteiger charge is 2.07. The van der Waals surface area contributed by atoms with Crippen LogP contribution in [0.3, 0.4) is 0 Å². The van der Waals surface area contributed by atoms with Gasteiger partial charge in [-0.15, -0.1) is 11.3 Å². The molecule has 0 amide bonds. The summed E-state index contributed by atoms with van der Waals surface area (Å²) in [6, 6.07) is 8.52. The van der Waals surface area contributed by atoms with Crippen molar-refractivity contribution in [2.45, 2.75) is 0 Å². The van der Waals surface area contributed by atoms with Gasteiger partial charge in [-0.2, -0.15) is 0 Å². The number of benzene rings is 1. The minimum absolute atomic E-state index is 1.16. The number of fused-ring (bicyclic) bond motifs is 5. The van der Waals surface area contributed by atoms with Gasteiger partial charge in [0, 0.05) is 44.3 Å². The Balaban J connectivity index is 2.42. The zero-order chi connectivity index (χ0) is 10.5. The standard InChI is InChI=1S/C13H8N2S/c1-2-12-8(4-6-16-12)13-9-7-14-5-3-10(9)15-11(1)13/h1-7,15H. The fourth-order valence-corrected chi connectivity index (χ4v) is 3.08. The highest BCUT2D eigenvalue weighted by Crippen LogP contribution is 2.33. The summed E-state index contributed by atoms with van der Waals surface area (Å²) in [5, 5.41) is 5.96. The summed E-state index contributed by atoms with van der Waals surface area (Å²) in [4.78, 5) is 7.63. The Morgan fingerprint density at radius 1 is 1.00 bits per heavy atom. The highest BCUT2D eigenvalue weighted by atomic mass is 32.1. The Morgan fingerprint density at radius 2 is 2.00 bits per heavy atom. The van der Waals surface area contributed by atoms with E-state index in [9.17, 15) is 0 Å². The minimum atomic E-state index is 1.16.